The van der Waals surface area contributed by atoms with Gasteiger partial charge in [0.25, 0.3) is 0 Å². The summed E-state index contributed by atoms with van der Waals surface area (Å²) in [6, 6.07) is 0. The lowest BCUT2D eigenvalue weighted by molar-refractivity contribution is -0.112. The summed E-state index contributed by atoms with van der Waals surface area (Å²) >= 11 is -0.943. The Balaban J connectivity index is 3.65. The van der Waals surface area contributed by atoms with Crippen LogP contribution in [0.25, 0.3) is 0 Å². The first kappa shape index (κ1) is 10.2. The van der Waals surface area contributed by atoms with E-state index in [1.807, 2.05) is 0 Å². The summed E-state index contributed by atoms with van der Waals surface area (Å²) in [5.41, 5.74) is 0. The molecule has 0 aliphatic heterocycles. The van der Waals surface area contributed by atoms with Gasteiger partial charge in [0, 0.05) is 0 Å². The van der Waals surface area contributed by atoms with Crippen molar-refractivity contribution in [2.24, 2.45) is 0 Å². The van der Waals surface area contributed by atoms with E-state index in [1.165, 1.54) is 0 Å². The molecule has 0 bridgehead atoms. The summed E-state index contributed by atoms with van der Waals surface area (Å²) in [6.07, 6.45) is 1.86. The topological polar surface area (TPSA) is 17.1 Å². The number of carbonyl (C=O) groups excluding carboxylic acids is 1. The number of hydrogen-bond acceptors (Lipinski definition) is 1. The lowest BCUT2D eigenvalue weighted by atomic mass is 10.4. The van der Waals surface area contributed by atoms with Crippen LogP contribution in [0.15, 0.2) is 0 Å². The van der Waals surface area contributed by atoms with E-state index in [0.717, 1.165) is 23.4 Å². The average molecular weight is 156 g/mol. The number of carbonyl (C=O) groups is 1. The van der Waals surface area contributed by atoms with Gasteiger partial charge in [-0.3, -0.25) is 0 Å². The smallest absolute Gasteiger partial charge is 0.321 e. The zero-order valence-corrected chi connectivity index (χ0v) is 8.47. The largest absolute Gasteiger partial charge is 0.365 e. The average Bonchev–Trinajstić information content (AvgIpc) is 1.91. The third-order valence-electron chi connectivity index (χ3n) is 1.94. The van der Waals surface area contributed by atoms with Gasteiger partial charge in [0.15, 0.2) is 0 Å². The van der Waals surface area contributed by atoms with Crippen molar-refractivity contribution in [1.82, 2.24) is 0 Å². The van der Waals surface area contributed by atoms with E-state index in [4.69, 9.17) is 0 Å². The molecule has 0 aromatic rings. The molecular weight excluding hydrogens is 139 g/mol. The molecule has 0 rings (SSSR count). The highest BCUT2D eigenvalue weighted by Crippen LogP contribution is 2.03. The minimum atomic E-state index is -0.943. The molecular formula is C8H17AlO. The Bertz CT molecular complexity index is 97.4. The zero-order chi connectivity index (χ0) is 7.98. The molecule has 0 saturated carbocycles. The van der Waals surface area contributed by atoms with Crippen LogP contribution in [0.1, 0.15) is 33.6 Å². The summed E-state index contributed by atoms with van der Waals surface area (Å²) in [4.78, 5) is 11.3. The Hall–Kier alpha value is 0.202. The van der Waals surface area contributed by atoms with Crippen molar-refractivity contribution in [3.05, 3.63) is 0 Å². The van der Waals surface area contributed by atoms with Crippen molar-refractivity contribution >= 4 is 18.8 Å². The van der Waals surface area contributed by atoms with E-state index in [0.29, 0.717) is 4.65 Å². The van der Waals surface area contributed by atoms with Crippen molar-refractivity contribution in [3.8, 4) is 0 Å². The molecule has 0 aromatic heterocycles. The fourth-order valence-corrected chi connectivity index (χ4v) is 3.38. The van der Waals surface area contributed by atoms with E-state index in [1.54, 1.807) is 0 Å². The van der Waals surface area contributed by atoms with Crippen LogP contribution in [0.4, 0.5) is 0 Å². The molecule has 0 spiro atoms. The molecule has 0 N–H and O–H groups in total. The predicted molar refractivity (Wildman–Crippen MR) is 46.6 cm³/mol. The van der Waals surface area contributed by atoms with Gasteiger partial charge in [-0.25, -0.2) is 0 Å². The second-order valence-electron chi connectivity index (χ2n) is 2.73. The van der Waals surface area contributed by atoms with Crippen molar-refractivity contribution in [3.63, 3.8) is 0 Å². The van der Waals surface area contributed by atoms with E-state index in [-0.39, 0.29) is 0 Å². The van der Waals surface area contributed by atoms with Gasteiger partial charge >= 0.3 is 14.1 Å². The van der Waals surface area contributed by atoms with E-state index >= 15 is 0 Å². The number of hydrogen-bond donors (Lipinski definition) is 0. The van der Waals surface area contributed by atoms with Crippen molar-refractivity contribution in [2.75, 3.05) is 0 Å². The second kappa shape index (κ2) is 5.95. The van der Waals surface area contributed by atoms with E-state index in [2.05, 4.69) is 20.8 Å². The first-order valence-corrected chi connectivity index (χ1v) is 6.49. The summed E-state index contributed by atoms with van der Waals surface area (Å²) in [5, 5.41) is 2.30. The van der Waals surface area contributed by atoms with Crippen LogP contribution < -0.4 is 0 Å². The molecule has 0 unspecified atom stereocenters. The molecule has 2 heteroatoms. The first-order chi connectivity index (χ1) is 4.76. The van der Waals surface area contributed by atoms with Crippen LogP contribution >= 0.6 is 0 Å². The Morgan fingerprint density at radius 1 is 1.20 bits per heavy atom. The van der Waals surface area contributed by atoms with Gasteiger partial charge in [-0.15, -0.1) is 0 Å². The summed E-state index contributed by atoms with van der Waals surface area (Å²) in [5.74, 6) is 0. The standard InChI is InChI=1S/C4H7O.2C2H5.Al/c1-2-3-4-5;2*1-2;/h2-3H2,1H3;2*1H2,2H3;. The first-order valence-electron chi connectivity index (χ1n) is 4.28. The summed E-state index contributed by atoms with van der Waals surface area (Å²) in [6.45, 7) is 6.37. The molecule has 0 aliphatic carbocycles. The third kappa shape index (κ3) is 3.39. The Labute approximate surface area is 68.2 Å². The highest BCUT2D eigenvalue weighted by Gasteiger charge is 2.20. The van der Waals surface area contributed by atoms with Crippen molar-refractivity contribution in [2.45, 2.75) is 44.2 Å². The quantitative estimate of drug-likeness (QED) is 0.559. The molecule has 1 nitrogen and oxygen atoms in total. The second-order valence-corrected chi connectivity index (χ2v) is 6.40. The summed E-state index contributed by atoms with van der Waals surface area (Å²) in [7, 11) is 0. The van der Waals surface area contributed by atoms with Gasteiger partial charge in [0.05, 0.1) is 4.65 Å². The fraction of sp³-hybridized carbons (Fsp3) is 0.875. The van der Waals surface area contributed by atoms with Crippen LogP contribution in [0.2, 0.25) is 10.6 Å². The van der Waals surface area contributed by atoms with Gasteiger partial charge in [-0.2, -0.15) is 0 Å². The summed E-state index contributed by atoms with van der Waals surface area (Å²) < 4.78 is 0.590. The van der Waals surface area contributed by atoms with Crippen LogP contribution in [0.3, 0.4) is 0 Å². The van der Waals surface area contributed by atoms with Gasteiger partial charge < -0.3 is 4.79 Å². The Morgan fingerprint density at radius 3 is 2.00 bits per heavy atom. The van der Waals surface area contributed by atoms with Gasteiger partial charge in [0.2, 0.25) is 0 Å². The van der Waals surface area contributed by atoms with Crippen LogP contribution in [0, 0.1) is 0 Å². The maximum atomic E-state index is 11.3. The molecule has 0 saturated heterocycles. The molecule has 0 fully saturated rings. The fourth-order valence-electron chi connectivity index (χ4n) is 1.19. The molecule has 0 amide bonds. The van der Waals surface area contributed by atoms with E-state index in [9.17, 15) is 4.79 Å². The van der Waals surface area contributed by atoms with E-state index < -0.39 is 14.1 Å². The van der Waals surface area contributed by atoms with Crippen molar-refractivity contribution < 1.29 is 4.79 Å². The molecule has 0 atom stereocenters. The van der Waals surface area contributed by atoms with Gasteiger partial charge in [0.1, 0.15) is 0 Å². The lowest BCUT2D eigenvalue weighted by Crippen LogP contribution is -2.23. The van der Waals surface area contributed by atoms with Crippen molar-refractivity contribution in [1.29, 1.82) is 0 Å². The number of rotatable bonds is 5. The minimum absolute atomic E-state index is 0.590. The zero-order valence-electron chi connectivity index (χ0n) is 7.31. The molecule has 0 aliphatic rings. The normalized spacial score (nSPS) is 9.50. The SMILES string of the molecule is CCC[C](=O)[Al]([CH2]C)[CH2]C. The minimum Gasteiger partial charge on any atom is -0.321 e. The van der Waals surface area contributed by atoms with Gasteiger partial charge in [-0.1, -0.05) is 37.8 Å². The van der Waals surface area contributed by atoms with Gasteiger partial charge in [-0.05, 0) is 6.42 Å². The maximum Gasteiger partial charge on any atom is 0.365 e. The van der Waals surface area contributed by atoms with Crippen LogP contribution in [-0.4, -0.2) is 18.8 Å². The highest BCUT2D eigenvalue weighted by atomic mass is 27.2. The highest BCUT2D eigenvalue weighted by molar-refractivity contribution is 6.89. The monoisotopic (exact) mass is 156 g/mol. The molecule has 0 heterocycles. The maximum absolute atomic E-state index is 11.3. The predicted octanol–water partition coefficient (Wildman–Crippen LogP) is 2.43. The Morgan fingerprint density at radius 2 is 1.70 bits per heavy atom. The molecule has 0 aromatic carbocycles. The molecule has 58 valence electrons. The molecule has 0 radical (unpaired) electrons. The molecule has 10 heavy (non-hydrogen) atoms. The van der Waals surface area contributed by atoms with Crippen LogP contribution in [0.5, 0.6) is 0 Å². The lowest BCUT2D eigenvalue weighted by Gasteiger charge is -2.02. The van der Waals surface area contributed by atoms with Crippen LogP contribution in [-0.2, 0) is 4.79 Å². The Kier molecular flexibility index (Phi) is 6.07. The third-order valence-corrected chi connectivity index (χ3v) is 5.11.